The first-order chi connectivity index (χ1) is 9.32. The molecule has 0 spiro atoms. The van der Waals surface area contributed by atoms with Crippen molar-refractivity contribution in [2.75, 3.05) is 5.75 Å². The number of hydrogen-bond donors (Lipinski definition) is 1. The van der Waals surface area contributed by atoms with Gasteiger partial charge in [-0.1, -0.05) is 60.7 Å². The number of aliphatic hydroxyl groups is 1. The van der Waals surface area contributed by atoms with Gasteiger partial charge in [0.05, 0.1) is 0 Å². The molecule has 0 amide bonds. The fraction of sp³-hybridized carbons (Fsp3) is 0.294. The second kappa shape index (κ2) is 5.40. The Morgan fingerprint density at radius 3 is 1.84 bits per heavy atom. The first kappa shape index (κ1) is 12.8. The second-order valence-electron chi connectivity index (χ2n) is 5.00. The van der Waals surface area contributed by atoms with Crippen LogP contribution in [0.3, 0.4) is 0 Å². The van der Waals surface area contributed by atoms with Crippen molar-refractivity contribution in [3.8, 4) is 0 Å². The molecule has 0 radical (unpaired) electrons. The molecule has 1 N–H and O–H groups in total. The van der Waals surface area contributed by atoms with E-state index in [0.29, 0.717) is 0 Å². The van der Waals surface area contributed by atoms with Gasteiger partial charge < -0.3 is 5.11 Å². The Labute approximate surface area is 118 Å². The van der Waals surface area contributed by atoms with Crippen LogP contribution in [0.15, 0.2) is 60.7 Å². The van der Waals surface area contributed by atoms with Crippen LogP contribution in [-0.2, 0) is 5.60 Å². The summed E-state index contributed by atoms with van der Waals surface area (Å²) in [6, 6.07) is 20.1. The molecule has 0 bridgehead atoms. The van der Waals surface area contributed by atoms with Crippen LogP contribution in [0.25, 0.3) is 0 Å². The SMILES string of the molecule is OC(c1ccccc1)(c1ccccc1)[C@H]1CCCS1. The standard InChI is InChI=1S/C17H18OS/c18-17(16-12-7-13-19-16,14-8-3-1-4-9-14)15-10-5-2-6-11-15/h1-6,8-11,16,18H,7,12-13H2/t16-/m1/s1. The molecule has 1 aliphatic heterocycles. The minimum Gasteiger partial charge on any atom is -0.379 e. The van der Waals surface area contributed by atoms with Gasteiger partial charge >= 0.3 is 0 Å². The third kappa shape index (κ3) is 2.31. The molecule has 1 atom stereocenters. The highest BCUT2D eigenvalue weighted by Gasteiger charge is 2.41. The van der Waals surface area contributed by atoms with Gasteiger partial charge in [-0.05, 0) is 29.7 Å². The lowest BCUT2D eigenvalue weighted by Gasteiger charge is -2.34. The Kier molecular flexibility index (Phi) is 3.63. The van der Waals surface area contributed by atoms with Crippen molar-refractivity contribution in [3.63, 3.8) is 0 Å². The minimum absolute atomic E-state index is 0.248. The first-order valence-corrected chi connectivity index (χ1v) is 7.82. The summed E-state index contributed by atoms with van der Waals surface area (Å²) in [6.45, 7) is 0. The van der Waals surface area contributed by atoms with E-state index in [-0.39, 0.29) is 5.25 Å². The topological polar surface area (TPSA) is 20.2 Å². The summed E-state index contributed by atoms with van der Waals surface area (Å²) in [6.07, 6.45) is 2.27. The maximum Gasteiger partial charge on any atom is 0.126 e. The Hall–Kier alpha value is -1.25. The van der Waals surface area contributed by atoms with Gasteiger partial charge in [0.15, 0.2) is 0 Å². The van der Waals surface area contributed by atoms with Gasteiger partial charge in [0, 0.05) is 5.25 Å². The highest BCUT2D eigenvalue weighted by molar-refractivity contribution is 8.00. The molecule has 1 heterocycles. The van der Waals surface area contributed by atoms with Crippen molar-refractivity contribution in [1.29, 1.82) is 0 Å². The largest absolute Gasteiger partial charge is 0.379 e. The molecule has 19 heavy (non-hydrogen) atoms. The molecular formula is C17H18OS. The summed E-state index contributed by atoms with van der Waals surface area (Å²) in [5.74, 6) is 1.15. The van der Waals surface area contributed by atoms with E-state index in [4.69, 9.17) is 0 Å². The van der Waals surface area contributed by atoms with Gasteiger partial charge in [-0.3, -0.25) is 0 Å². The summed E-state index contributed by atoms with van der Waals surface area (Å²) in [5.41, 5.74) is 1.13. The predicted molar refractivity (Wildman–Crippen MR) is 81.4 cm³/mol. The molecule has 2 heteroatoms. The predicted octanol–water partition coefficient (Wildman–Crippen LogP) is 3.82. The van der Waals surface area contributed by atoms with Crippen molar-refractivity contribution in [1.82, 2.24) is 0 Å². The zero-order valence-corrected chi connectivity index (χ0v) is 11.6. The van der Waals surface area contributed by atoms with Crippen LogP contribution in [0.1, 0.15) is 24.0 Å². The zero-order valence-electron chi connectivity index (χ0n) is 10.8. The van der Waals surface area contributed by atoms with Gasteiger partial charge in [-0.25, -0.2) is 0 Å². The van der Waals surface area contributed by atoms with Gasteiger partial charge in [0.2, 0.25) is 0 Å². The van der Waals surface area contributed by atoms with Crippen LogP contribution in [-0.4, -0.2) is 16.1 Å². The fourth-order valence-electron chi connectivity index (χ4n) is 2.83. The second-order valence-corrected chi connectivity index (χ2v) is 6.31. The van der Waals surface area contributed by atoms with Crippen molar-refractivity contribution in [2.45, 2.75) is 23.7 Å². The lowest BCUT2D eigenvalue weighted by atomic mass is 9.82. The van der Waals surface area contributed by atoms with Gasteiger partial charge in [-0.2, -0.15) is 11.8 Å². The number of benzene rings is 2. The normalized spacial score (nSPS) is 19.5. The van der Waals surface area contributed by atoms with Crippen LogP contribution in [0, 0.1) is 0 Å². The molecule has 1 nitrogen and oxygen atoms in total. The van der Waals surface area contributed by atoms with E-state index in [0.717, 1.165) is 23.3 Å². The van der Waals surface area contributed by atoms with Crippen molar-refractivity contribution >= 4 is 11.8 Å². The number of hydrogen-bond acceptors (Lipinski definition) is 2. The number of rotatable bonds is 3. The van der Waals surface area contributed by atoms with E-state index >= 15 is 0 Å². The van der Waals surface area contributed by atoms with E-state index in [1.54, 1.807) is 0 Å². The first-order valence-electron chi connectivity index (χ1n) is 6.77. The monoisotopic (exact) mass is 270 g/mol. The molecule has 2 aromatic rings. The van der Waals surface area contributed by atoms with Gasteiger partial charge in [0.25, 0.3) is 0 Å². The van der Waals surface area contributed by atoms with Crippen molar-refractivity contribution in [2.24, 2.45) is 0 Å². The summed E-state index contributed by atoms with van der Waals surface area (Å²) in [7, 11) is 0. The Morgan fingerprint density at radius 1 is 0.895 bits per heavy atom. The van der Waals surface area contributed by atoms with Crippen LogP contribution in [0.5, 0.6) is 0 Å². The van der Waals surface area contributed by atoms with E-state index in [9.17, 15) is 5.11 Å². The molecule has 0 unspecified atom stereocenters. The maximum absolute atomic E-state index is 11.4. The molecule has 1 aliphatic rings. The zero-order chi connectivity index (χ0) is 13.1. The van der Waals surface area contributed by atoms with E-state index < -0.39 is 5.60 Å². The molecule has 98 valence electrons. The van der Waals surface area contributed by atoms with Gasteiger partial charge in [0.1, 0.15) is 5.60 Å². The molecule has 0 aromatic heterocycles. The quantitative estimate of drug-likeness (QED) is 0.915. The molecule has 3 rings (SSSR count). The average molecular weight is 270 g/mol. The summed E-state index contributed by atoms with van der Waals surface area (Å²) in [5, 5.41) is 11.7. The number of thioether (sulfide) groups is 1. The molecule has 1 saturated heterocycles. The van der Waals surface area contributed by atoms with Crippen LogP contribution >= 0.6 is 11.8 Å². The van der Waals surface area contributed by atoms with Crippen molar-refractivity contribution in [3.05, 3.63) is 71.8 Å². The summed E-state index contributed by atoms with van der Waals surface area (Å²) < 4.78 is 0. The molecule has 0 saturated carbocycles. The Morgan fingerprint density at radius 2 is 1.42 bits per heavy atom. The molecular weight excluding hydrogens is 252 g/mol. The Bertz CT molecular complexity index is 478. The fourth-order valence-corrected chi connectivity index (χ4v) is 4.29. The van der Waals surface area contributed by atoms with Gasteiger partial charge in [-0.15, -0.1) is 0 Å². The molecule has 1 fully saturated rings. The van der Waals surface area contributed by atoms with Crippen LogP contribution < -0.4 is 0 Å². The lowest BCUT2D eigenvalue weighted by molar-refractivity contribution is 0.0771. The van der Waals surface area contributed by atoms with E-state index in [1.807, 2.05) is 72.4 Å². The van der Waals surface area contributed by atoms with E-state index in [1.165, 1.54) is 6.42 Å². The average Bonchev–Trinajstić information content (AvgIpc) is 3.03. The van der Waals surface area contributed by atoms with Crippen LogP contribution in [0.4, 0.5) is 0 Å². The minimum atomic E-state index is -0.871. The Balaban J connectivity index is 2.10. The lowest BCUT2D eigenvalue weighted by Crippen LogP contribution is -2.37. The van der Waals surface area contributed by atoms with Crippen molar-refractivity contribution < 1.29 is 5.11 Å². The van der Waals surface area contributed by atoms with Crippen LogP contribution in [0.2, 0.25) is 0 Å². The highest BCUT2D eigenvalue weighted by atomic mass is 32.2. The third-order valence-corrected chi connectivity index (χ3v) is 5.33. The van der Waals surface area contributed by atoms with E-state index in [2.05, 4.69) is 0 Å². The molecule has 2 aromatic carbocycles. The third-order valence-electron chi connectivity index (χ3n) is 3.82. The smallest absolute Gasteiger partial charge is 0.126 e. The summed E-state index contributed by atoms with van der Waals surface area (Å²) in [4.78, 5) is 0. The molecule has 0 aliphatic carbocycles. The maximum atomic E-state index is 11.4. The highest BCUT2D eigenvalue weighted by Crippen LogP contribution is 2.44. The summed E-state index contributed by atoms with van der Waals surface area (Å²) >= 11 is 1.89.